The summed E-state index contributed by atoms with van der Waals surface area (Å²) in [6.45, 7) is 1.50. The van der Waals surface area contributed by atoms with Crippen molar-refractivity contribution < 1.29 is 13.2 Å². The molecule has 0 aromatic carbocycles. The van der Waals surface area contributed by atoms with Gasteiger partial charge in [-0.3, -0.25) is 4.79 Å². The van der Waals surface area contributed by atoms with Crippen LogP contribution < -0.4 is 10.6 Å². The third kappa shape index (κ3) is 4.24. The lowest BCUT2D eigenvalue weighted by Gasteiger charge is -2.23. The lowest BCUT2D eigenvalue weighted by molar-refractivity contribution is -0.121. The average molecular weight is 274 g/mol. The molecular weight excluding hydrogens is 252 g/mol. The molecule has 2 rings (SSSR count). The third-order valence-electron chi connectivity index (χ3n) is 3.76. The molecule has 2 unspecified atom stereocenters. The van der Waals surface area contributed by atoms with Crippen molar-refractivity contribution in [3.63, 3.8) is 0 Å². The zero-order valence-corrected chi connectivity index (χ0v) is 11.5. The molecule has 2 N–H and O–H groups in total. The van der Waals surface area contributed by atoms with Crippen LogP contribution in [0, 0.1) is 5.92 Å². The number of hydrogen-bond acceptors (Lipinski definition) is 4. The summed E-state index contributed by atoms with van der Waals surface area (Å²) in [5, 5.41) is 6.20. The molecule has 0 aliphatic carbocycles. The SMILES string of the molecule is O=C(CC1CCCCN1)NCC1CCS(=O)(=O)C1. The second-order valence-electron chi connectivity index (χ2n) is 5.42. The second-order valence-corrected chi connectivity index (χ2v) is 7.65. The molecule has 2 saturated heterocycles. The summed E-state index contributed by atoms with van der Waals surface area (Å²) < 4.78 is 22.6. The Kier molecular flexibility index (Phi) is 4.61. The van der Waals surface area contributed by atoms with Crippen molar-refractivity contribution in [1.29, 1.82) is 0 Å². The van der Waals surface area contributed by atoms with Gasteiger partial charge in [0.05, 0.1) is 11.5 Å². The van der Waals surface area contributed by atoms with Gasteiger partial charge in [-0.2, -0.15) is 0 Å². The zero-order valence-electron chi connectivity index (χ0n) is 10.7. The molecule has 2 aliphatic heterocycles. The molecule has 104 valence electrons. The minimum Gasteiger partial charge on any atom is -0.356 e. The van der Waals surface area contributed by atoms with Crippen molar-refractivity contribution in [1.82, 2.24) is 10.6 Å². The first-order valence-electron chi connectivity index (χ1n) is 6.76. The summed E-state index contributed by atoms with van der Waals surface area (Å²) in [5.41, 5.74) is 0. The van der Waals surface area contributed by atoms with Crippen molar-refractivity contribution in [2.45, 2.75) is 38.1 Å². The van der Waals surface area contributed by atoms with Crippen molar-refractivity contribution in [2.75, 3.05) is 24.6 Å². The summed E-state index contributed by atoms with van der Waals surface area (Å²) in [6.07, 6.45) is 4.64. The van der Waals surface area contributed by atoms with Gasteiger partial charge in [0, 0.05) is 19.0 Å². The maximum Gasteiger partial charge on any atom is 0.221 e. The summed E-state index contributed by atoms with van der Waals surface area (Å²) in [6, 6.07) is 0.297. The first-order chi connectivity index (χ1) is 8.55. The maximum absolute atomic E-state index is 11.7. The van der Waals surface area contributed by atoms with Crippen LogP contribution in [0.3, 0.4) is 0 Å². The van der Waals surface area contributed by atoms with Crippen LogP contribution in [0.4, 0.5) is 0 Å². The van der Waals surface area contributed by atoms with Gasteiger partial charge in [0.25, 0.3) is 0 Å². The van der Waals surface area contributed by atoms with Crippen molar-refractivity contribution in [3.8, 4) is 0 Å². The normalized spacial score (nSPS) is 31.1. The predicted molar refractivity (Wildman–Crippen MR) is 70.0 cm³/mol. The van der Waals surface area contributed by atoms with Gasteiger partial charge in [-0.1, -0.05) is 6.42 Å². The van der Waals surface area contributed by atoms with Gasteiger partial charge in [-0.05, 0) is 31.7 Å². The highest BCUT2D eigenvalue weighted by Gasteiger charge is 2.28. The van der Waals surface area contributed by atoms with Gasteiger partial charge >= 0.3 is 0 Å². The van der Waals surface area contributed by atoms with Crippen LogP contribution in [0.5, 0.6) is 0 Å². The zero-order chi connectivity index (χ0) is 13.0. The Morgan fingerprint density at radius 3 is 2.72 bits per heavy atom. The minimum absolute atomic E-state index is 0.0405. The number of nitrogens with one attached hydrogen (secondary N) is 2. The predicted octanol–water partition coefficient (Wildman–Crippen LogP) is 0.0695. The van der Waals surface area contributed by atoms with Gasteiger partial charge in [-0.15, -0.1) is 0 Å². The van der Waals surface area contributed by atoms with Gasteiger partial charge in [0.2, 0.25) is 5.91 Å². The molecule has 1 amide bonds. The van der Waals surface area contributed by atoms with Crippen LogP contribution in [0.1, 0.15) is 32.1 Å². The van der Waals surface area contributed by atoms with E-state index in [1.165, 1.54) is 12.8 Å². The van der Waals surface area contributed by atoms with Gasteiger partial charge in [0.1, 0.15) is 0 Å². The van der Waals surface area contributed by atoms with E-state index in [-0.39, 0.29) is 23.3 Å². The van der Waals surface area contributed by atoms with Crippen LogP contribution in [-0.2, 0) is 14.6 Å². The number of hydrogen-bond donors (Lipinski definition) is 2. The molecule has 0 radical (unpaired) electrons. The van der Waals surface area contributed by atoms with E-state index in [0.717, 1.165) is 13.0 Å². The Hall–Kier alpha value is -0.620. The molecule has 0 aromatic rings. The van der Waals surface area contributed by atoms with E-state index in [9.17, 15) is 13.2 Å². The van der Waals surface area contributed by atoms with Crippen LogP contribution >= 0.6 is 0 Å². The monoisotopic (exact) mass is 274 g/mol. The highest BCUT2D eigenvalue weighted by Crippen LogP contribution is 2.17. The number of carbonyl (C=O) groups excluding carboxylic acids is 1. The van der Waals surface area contributed by atoms with E-state index in [1.807, 2.05) is 0 Å². The van der Waals surface area contributed by atoms with Crippen molar-refractivity contribution in [3.05, 3.63) is 0 Å². The van der Waals surface area contributed by atoms with Crippen molar-refractivity contribution in [2.24, 2.45) is 5.92 Å². The van der Waals surface area contributed by atoms with E-state index in [1.54, 1.807) is 0 Å². The topological polar surface area (TPSA) is 75.3 Å². The molecule has 2 heterocycles. The fourth-order valence-corrected chi connectivity index (χ4v) is 4.55. The van der Waals surface area contributed by atoms with Gasteiger partial charge < -0.3 is 10.6 Å². The molecule has 0 aromatic heterocycles. The molecule has 2 atom stereocenters. The molecule has 0 saturated carbocycles. The first-order valence-corrected chi connectivity index (χ1v) is 8.58. The first kappa shape index (κ1) is 13.8. The Balaban J connectivity index is 1.65. The Bertz CT molecular complexity index is 388. The molecule has 6 heteroatoms. The van der Waals surface area contributed by atoms with Crippen molar-refractivity contribution >= 4 is 15.7 Å². The summed E-state index contributed by atoms with van der Waals surface area (Å²) >= 11 is 0. The molecular formula is C12H22N2O3S. The molecule has 5 nitrogen and oxygen atoms in total. The lowest BCUT2D eigenvalue weighted by Crippen LogP contribution is -2.39. The number of sulfone groups is 1. The molecule has 0 bridgehead atoms. The largest absolute Gasteiger partial charge is 0.356 e. The summed E-state index contributed by atoms with van der Waals surface area (Å²) in [4.78, 5) is 11.7. The number of carbonyl (C=O) groups is 1. The molecule has 18 heavy (non-hydrogen) atoms. The number of rotatable bonds is 4. The third-order valence-corrected chi connectivity index (χ3v) is 5.60. The standard InChI is InChI=1S/C12H22N2O3S/c15-12(7-11-3-1-2-5-13-11)14-8-10-4-6-18(16,17)9-10/h10-11,13H,1-9H2,(H,14,15). The Labute approximate surface area is 109 Å². The smallest absolute Gasteiger partial charge is 0.221 e. The quantitative estimate of drug-likeness (QED) is 0.761. The van der Waals surface area contributed by atoms with E-state index < -0.39 is 9.84 Å². The summed E-state index contributed by atoms with van der Waals surface area (Å²) in [5.74, 6) is 0.657. The molecule has 0 spiro atoms. The van der Waals surface area contributed by atoms with Crippen LogP contribution in [0.2, 0.25) is 0 Å². The molecule has 2 aliphatic rings. The van der Waals surface area contributed by atoms with Crippen LogP contribution in [-0.4, -0.2) is 45.0 Å². The van der Waals surface area contributed by atoms with E-state index in [4.69, 9.17) is 0 Å². The maximum atomic E-state index is 11.7. The summed E-state index contributed by atoms with van der Waals surface area (Å²) in [7, 11) is -2.83. The number of piperidine rings is 1. The molecule has 2 fully saturated rings. The van der Waals surface area contributed by atoms with E-state index in [0.29, 0.717) is 25.4 Å². The van der Waals surface area contributed by atoms with Gasteiger partial charge in [0.15, 0.2) is 9.84 Å². The van der Waals surface area contributed by atoms with Crippen LogP contribution in [0.25, 0.3) is 0 Å². The second kappa shape index (κ2) is 6.02. The Morgan fingerprint density at radius 1 is 1.28 bits per heavy atom. The average Bonchev–Trinajstić information content (AvgIpc) is 2.68. The fourth-order valence-electron chi connectivity index (χ4n) is 2.69. The number of amides is 1. The van der Waals surface area contributed by atoms with Gasteiger partial charge in [-0.25, -0.2) is 8.42 Å². The highest BCUT2D eigenvalue weighted by atomic mass is 32.2. The lowest BCUT2D eigenvalue weighted by atomic mass is 10.0. The Morgan fingerprint density at radius 2 is 2.11 bits per heavy atom. The fraction of sp³-hybridized carbons (Fsp3) is 0.917. The highest BCUT2D eigenvalue weighted by molar-refractivity contribution is 7.91. The van der Waals surface area contributed by atoms with Crippen LogP contribution in [0.15, 0.2) is 0 Å². The minimum atomic E-state index is -2.83. The van der Waals surface area contributed by atoms with E-state index >= 15 is 0 Å². The van der Waals surface area contributed by atoms with E-state index in [2.05, 4.69) is 10.6 Å².